The molecule has 3 aliphatic heterocycles. The highest BCUT2D eigenvalue weighted by atomic mass is 32.2. The molecule has 6 atom stereocenters. The van der Waals surface area contributed by atoms with Crippen molar-refractivity contribution in [2.75, 3.05) is 34.2 Å². The molecule has 14 nitrogen and oxygen atoms in total. The van der Waals surface area contributed by atoms with Gasteiger partial charge in [0.1, 0.15) is 11.7 Å². The zero-order chi connectivity index (χ0) is 33.1. The molecule has 0 aromatic rings. The highest BCUT2D eigenvalue weighted by molar-refractivity contribution is 8.03. The fourth-order valence-corrected chi connectivity index (χ4v) is 6.91. The Labute approximate surface area is 261 Å². The molecule has 0 bridgehead atoms. The van der Waals surface area contributed by atoms with Crippen LogP contribution in [0.25, 0.3) is 0 Å². The lowest BCUT2D eigenvalue weighted by atomic mass is 9.79. The molecule has 0 saturated carbocycles. The molecular formula is C29H43N3O11S. The van der Waals surface area contributed by atoms with Gasteiger partial charge in [0.25, 0.3) is 0 Å². The van der Waals surface area contributed by atoms with E-state index in [2.05, 4.69) is 0 Å². The van der Waals surface area contributed by atoms with Gasteiger partial charge in [-0.05, 0) is 40.5 Å². The summed E-state index contributed by atoms with van der Waals surface area (Å²) < 4.78 is 20.4. The number of β-lactam (4-membered cyclic amide) rings is 1. The Morgan fingerprint density at radius 2 is 1.70 bits per heavy atom. The fourth-order valence-electron chi connectivity index (χ4n) is 5.39. The molecule has 15 heteroatoms. The van der Waals surface area contributed by atoms with Crippen molar-refractivity contribution >= 4 is 47.6 Å². The molecule has 0 aromatic carbocycles. The Morgan fingerprint density at radius 3 is 2.27 bits per heavy atom. The lowest BCUT2D eigenvalue weighted by Gasteiger charge is -2.46. The van der Waals surface area contributed by atoms with E-state index in [1.165, 1.54) is 33.4 Å². The first-order valence-electron chi connectivity index (χ1n) is 14.6. The molecule has 0 aromatic heterocycles. The number of aliphatic hydroxyl groups excluding tert-OH is 1. The summed E-state index contributed by atoms with van der Waals surface area (Å²) in [6.07, 6.45) is -0.822. The minimum absolute atomic E-state index is 0.0134. The van der Waals surface area contributed by atoms with Gasteiger partial charge in [0.05, 0.1) is 23.5 Å². The van der Waals surface area contributed by atoms with Crippen molar-refractivity contribution in [1.29, 1.82) is 0 Å². The quantitative estimate of drug-likeness (QED) is 0.198. The van der Waals surface area contributed by atoms with Crippen LogP contribution in [0.1, 0.15) is 60.8 Å². The Balaban J connectivity index is 1.82. The monoisotopic (exact) mass is 641 g/mol. The summed E-state index contributed by atoms with van der Waals surface area (Å²) in [5.74, 6) is -3.83. The van der Waals surface area contributed by atoms with Gasteiger partial charge in [-0.2, -0.15) is 0 Å². The SMILES string of the molecule is CCCC(=O)OCOC(=O)N1CC(SC2=C(C(=O)OCOC(=O)C(C)(C)C)N3C(=O)C(C(C)O)C3C2C)CC1C(=O)N(C)C. The number of hydrogen-bond donors (Lipinski definition) is 1. The molecule has 1 N–H and O–H groups in total. The number of esters is 3. The van der Waals surface area contributed by atoms with E-state index in [1.807, 2.05) is 13.8 Å². The summed E-state index contributed by atoms with van der Waals surface area (Å²) in [6, 6.07) is -1.38. The first-order chi connectivity index (χ1) is 20.5. The summed E-state index contributed by atoms with van der Waals surface area (Å²) in [7, 11) is 3.13. The van der Waals surface area contributed by atoms with Crippen molar-refractivity contribution in [1.82, 2.24) is 14.7 Å². The molecule has 0 aliphatic carbocycles. The molecule has 3 aliphatic rings. The first kappa shape index (κ1) is 35.2. The number of ether oxygens (including phenoxy) is 4. The van der Waals surface area contributed by atoms with Crippen LogP contribution in [0.5, 0.6) is 0 Å². The minimum atomic E-state index is -0.953. The molecule has 0 spiro atoms. The number of likely N-dealkylation sites (N-methyl/N-ethyl adjacent to an activating group) is 1. The van der Waals surface area contributed by atoms with Crippen LogP contribution in [0.4, 0.5) is 4.79 Å². The first-order valence-corrected chi connectivity index (χ1v) is 15.5. The molecule has 2 fully saturated rings. The second-order valence-corrected chi connectivity index (χ2v) is 13.7. The van der Waals surface area contributed by atoms with Gasteiger partial charge in [-0.25, -0.2) is 9.59 Å². The van der Waals surface area contributed by atoms with Gasteiger partial charge in [0.2, 0.25) is 25.4 Å². The molecule has 44 heavy (non-hydrogen) atoms. The van der Waals surface area contributed by atoms with Crippen molar-refractivity contribution in [3.05, 3.63) is 10.6 Å². The average molecular weight is 642 g/mol. The van der Waals surface area contributed by atoms with Gasteiger partial charge >= 0.3 is 24.0 Å². The number of fused-ring (bicyclic) bond motifs is 1. The van der Waals surface area contributed by atoms with Crippen molar-refractivity contribution in [2.24, 2.45) is 17.3 Å². The van der Waals surface area contributed by atoms with Crippen LogP contribution in [-0.2, 0) is 42.9 Å². The Morgan fingerprint density at radius 1 is 1.07 bits per heavy atom. The molecule has 0 radical (unpaired) electrons. The van der Waals surface area contributed by atoms with Gasteiger partial charge in [0, 0.05) is 43.1 Å². The number of hydrogen-bond acceptors (Lipinski definition) is 12. The smallest absolute Gasteiger partial charge is 0.413 e. The van der Waals surface area contributed by atoms with E-state index in [1.54, 1.807) is 34.9 Å². The van der Waals surface area contributed by atoms with Crippen LogP contribution in [0.2, 0.25) is 0 Å². The molecule has 3 heterocycles. The lowest BCUT2D eigenvalue weighted by Crippen LogP contribution is -2.63. The second kappa shape index (κ2) is 14.2. The highest BCUT2D eigenvalue weighted by Crippen LogP contribution is 2.52. The zero-order valence-electron chi connectivity index (χ0n) is 26.5. The number of aliphatic hydroxyl groups is 1. The van der Waals surface area contributed by atoms with Crippen LogP contribution in [0, 0.1) is 17.3 Å². The summed E-state index contributed by atoms with van der Waals surface area (Å²) in [5.41, 5.74) is -0.828. The highest BCUT2D eigenvalue weighted by Gasteiger charge is 2.60. The topological polar surface area (TPSA) is 169 Å². The van der Waals surface area contributed by atoms with Gasteiger partial charge in [-0.15, -0.1) is 11.8 Å². The molecule has 2 saturated heterocycles. The number of likely N-dealkylation sites (tertiary alicyclic amines) is 1. The third-order valence-corrected chi connectivity index (χ3v) is 9.16. The summed E-state index contributed by atoms with van der Waals surface area (Å²) in [4.78, 5) is 80.7. The maximum atomic E-state index is 13.3. The lowest BCUT2D eigenvalue weighted by molar-refractivity contribution is -0.175. The maximum absolute atomic E-state index is 13.3. The third-order valence-electron chi connectivity index (χ3n) is 7.67. The largest absolute Gasteiger partial charge is 0.428 e. The van der Waals surface area contributed by atoms with E-state index >= 15 is 0 Å². The Bertz CT molecular complexity index is 1200. The van der Waals surface area contributed by atoms with Crippen molar-refractivity contribution in [2.45, 2.75) is 84.2 Å². The number of amides is 3. The third kappa shape index (κ3) is 7.48. The number of rotatable bonds is 11. The van der Waals surface area contributed by atoms with Gasteiger partial charge in [-0.3, -0.25) is 24.1 Å². The van der Waals surface area contributed by atoms with Crippen LogP contribution < -0.4 is 0 Å². The maximum Gasteiger partial charge on any atom is 0.413 e. The van der Waals surface area contributed by atoms with Crippen LogP contribution in [0.15, 0.2) is 10.6 Å². The predicted octanol–water partition coefficient (Wildman–Crippen LogP) is 1.85. The predicted molar refractivity (Wildman–Crippen MR) is 156 cm³/mol. The van der Waals surface area contributed by atoms with Crippen molar-refractivity contribution < 1.29 is 52.8 Å². The van der Waals surface area contributed by atoms with Crippen LogP contribution in [0.3, 0.4) is 0 Å². The molecule has 6 unspecified atom stereocenters. The van der Waals surface area contributed by atoms with E-state index in [9.17, 15) is 33.9 Å². The molecular weight excluding hydrogens is 598 g/mol. The number of nitrogens with zero attached hydrogens (tertiary/aromatic N) is 3. The van der Waals surface area contributed by atoms with Crippen molar-refractivity contribution in [3.63, 3.8) is 0 Å². The number of thioether (sulfide) groups is 1. The fraction of sp³-hybridized carbons (Fsp3) is 0.724. The second-order valence-electron chi connectivity index (χ2n) is 12.4. The van der Waals surface area contributed by atoms with Gasteiger partial charge in [-0.1, -0.05) is 13.8 Å². The van der Waals surface area contributed by atoms with E-state index in [0.717, 1.165) is 0 Å². The minimum Gasteiger partial charge on any atom is -0.428 e. The molecule has 246 valence electrons. The van der Waals surface area contributed by atoms with Crippen LogP contribution in [-0.4, -0.2) is 113 Å². The van der Waals surface area contributed by atoms with E-state index in [4.69, 9.17) is 18.9 Å². The molecule has 3 rings (SSSR count). The summed E-state index contributed by atoms with van der Waals surface area (Å²) in [5, 5.41) is 9.89. The van der Waals surface area contributed by atoms with E-state index in [0.29, 0.717) is 11.3 Å². The average Bonchev–Trinajstić information content (AvgIpc) is 3.45. The van der Waals surface area contributed by atoms with Gasteiger partial charge < -0.3 is 33.9 Å². The van der Waals surface area contributed by atoms with Crippen LogP contribution >= 0.6 is 11.8 Å². The van der Waals surface area contributed by atoms with Crippen molar-refractivity contribution in [3.8, 4) is 0 Å². The standard InChI is InChI=1S/C29H43N3O11S/c1-9-10-19(34)40-13-43-28(39)31-12-17(11-18(31)24(35)30(7)8)44-23-15(2)21-20(16(3)33)25(36)32(21)22(23)26(37)41-14-42-27(38)29(4,5)6/h15-18,20-21,33H,9-14H2,1-8H3. The summed E-state index contributed by atoms with van der Waals surface area (Å²) in [6.45, 7) is 8.94. The normalized spacial score (nSPS) is 25.2. The Hall–Kier alpha value is -3.33. The molecule has 3 amide bonds. The number of carbonyl (C=O) groups excluding carboxylic acids is 6. The summed E-state index contributed by atoms with van der Waals surface area (Å²) >= 11 is 1.25. The number of carbonyl (C=O) groups is 6. The van der Waals surface area contributed by atoms with Gasteiger partial charge in [0.15, 0.2) is 0 Å². The van der Waals surface area contributed by atoms with E-state index in [-0.39, 0.29) is 36.9 Å². The zero-order valence-corrected chi connectivity index (χ0v) is 27.3. The van der Waals surface area contributed by atoms with E-state index < -0.39 is 78.3 Å². The Kier molecular flexibility index (Phi) is 11.3.